The summed E-state index contributed by atoms with van der Waals surface area (Å²) in [5.41, 5.74) is 2.96. The molecule has 1 heterocycles. The standard InChI is InChI=1S/C26H23NO4/c28-24(18-23(19-10-3-1-4-11-19)20-12-5-2-6-13-20)31-17-9-16-27-25(29)21-14-7-8-15-22(21)26(27)30/h1-8,10-15,23H,9,16-18H2. The highest BCUT2D eigenvalue weighted by Gasteiger charge is 2.34. The van der Waals surface area contributed by atoms with Crippen LogP contribution in [0.25, 0.3) is 0 Å². The van der Waals surface area contributed by atoms with Crippen molar-refractivity contribution in [2.45, 2.75) is 18.8 Å². The van der Waals surface area contributed by atoms with Gasteiger partial charge in [0.2, 0.25) is 0 Å². The molecule has 0 saturated carbocycles. The highest BCUT2D eigenvalue weighted by atomic mass is 16.5. The van der Waals surface area contributed by atoms with Gasteiger partial charge in [-0.3, -0.25) is 19.3 Å². The van der Waals surface area contributed by atoms with E-state index in [2.05, 4.69) is 0 Å². The molecule has 1 aliphatic heterocycles. The molecule has 0 N–H and O–H groups in total. The number of esters is 1. The summed E-state index contributed by atoms with van der Waals surface area (Å²) in [4.78, 5) is 38.5. The van der Waals surface area contributed by atoms with Crippen LogP contribution in [-0.2, 0) is 9.53 Å². The third-order valence-electron chi connectivity index (χ3n) is 5.44. The van der Waals surface area contributed by atoms with Gasteiger partial charge in [-0.05, 0) is 29.7 Å². The van der Waals surface area contributed by atoms with E-state index >= 15 is 0 Å². The zero-order valence-corrected chi connectivity index (χ0v) is 17.1. The second-order valence-electron chi connectivity index (χ2n) is 7.46. The first-order valence-electron chi connectivity index (χ1n) is 10.4. The fourth-order valence-electron chi connectivity index (χ4n) is 3.88. The maximum absolute atomic E-state index is 12.5. The monoisotopic (exact) mass is 413 g/mol. The summed E-state index contributed by atoms with van der Waals surface area (Å²) in [5.74, 6) is -0.980. The van der Waals surface area contributed by atoms with Gasteiger partial charge in [0.1, 0.15) is 0 Å². The molecule has 4 rings (SSSR count). The van der Waals surface area contributed by atoms with E-state index in [0.29, 0.717) is 17.5 Å². The molecule has 0 atom stereocenters. The fraction of sp³-hybridized carbons (Fsp3) is 0.192. The maximum Gasteiger partial charge on any atom is 0.306 e. The Morgan fingerprint density at radius 1 is 0.742 bits per heavy atom. The predicted molar refractivity (Wildman–Crippen MR) is 117 cm³/mol. The summed E-state index contributed by atoms with van der Waals surface area (Å²) in [6.45, 7) is 0.378. The van der Waals surface area contributed by atoms with E-state index in [4.69, 9.17) is 4.74 Å². The molecular formula is C26H23NO4. The summed E-state index contributed by atoms with van der Waals surface area (Å²) in [6, 6.07) is 26.5. The Morgan fingerprint density at radius 3 is 1.74 bits per heavy atom. The van der Waals surface area contributed by atoms with Crippen LogP contribution in [-0.4, -0.2) is 35.8 Å². The lowest BCUT2D eigenvalue weighted by molar-refractivity contribution is -0.144. The first-order chi connectivity index (χ1) is 15.1. The lowest BCUT2D eigenvalue weighted by Crippen LogP contribution is -2.31. The number of benzene rings is 3. The van der Waals surface area contributed by atoms with Crippen molar-refractivity contribution < 1.29 is 19.1 Å². The Kier molecular flexibility index (Phi) is 6.22. The Bertz CT molecular complexity index is 1000. The van der Waals surface area contributed by atoms with Gasteiger partial charge in [0.15, 0.2) is 0 Å². The molecular weight excluding hydrogens is 390 g/mol. The molecule has 0 aromatic heterocycles. The summed E-state index contributed by atoms with van der Waals surface area (Å²) in [5, 5.41) is 0. The maximum atomic E-state index is 12.5. The molecule has 0 spiro atoms. The normalized spacial score (nSPS) is 12.9. The zero-order chi connectivity index (χ0) is 21.6. The topological polar surface area (TPSA) is 63.7 Å². The van der Waals surface area contributed by atoms with E-state index in [1.54, 1.807) is 24.3 Å². The van der Waals surface area contributed by atoms with E-state index in [9.17, 15) is 14.4 Å². The summed E-state index contributed by atoms with van der Waals surface area (Å²) in [6.07, 6.45) is 0.625. The van der Waals surface area contributed by atoms with Crippen LogP contribution in [0.1, 0.15) is 50.6 Å². The van der Waals surface area contributed by atoms with Crippen molar-refractivity contribution in [1.82, 2.24) is 4.90 Å². The molecule has 5 heteroatoms. The zero-order valence-electron chi connectivity index (χ0n) is 17.1. The number of carbonyl (C=O) groups is 3. The number of amides is 2. The van der Waals surface area contributed by atoms with Crippen LogP contribution in [0.5, 0.6) is 0 Å². The molecule has 2 amide bonds. The van der Waals surface area contributed by atoms with Crippen LogP contribution in [0.2, 0.25) is 0 Å². The van der Waals surface area contributed by atoms with Gasteiger partial charge in [-0.1, -0.05) is 72.8 Å². The van der Waals surface area contributed by atoms with Gasteiger partial charge in [-0.15, -0.1) is 0 Å². The highest BCUT2D eigenvalue weighted by Crippen LogP contribution is 2.28. The van der Waals surface area contributed by atoms with E-state index in [1.807, 2.05) is 60.7 Å². The van der Waals surface area contributed by atoms with Crippen molar-refractivity contribution in [3.8, 4) is 0 Å². The first-order valence-corrected chi connectivity index (χ1v) is 10.4. The molecule has 156 valence electrons. The Labute approximate surface area is 181 Å². The Morgan fingerprint density at radius 2 is 1.23 bits per heavy atom. The van der Waals surface area contributed by atoms with Gasteiger partial charge in [0.05, 0.1) is 24.2 Å². The molecule has 3 aromatic rings. The number of ether oxygens (including phenoxy) is 1. The van der Waals surface area contributed by atoms with Crippen molar-refractivity contribution in [2.75, 3.05) is 13.2 Å². The first kappa shape index (κ1) is 20.5. The predicted octanol–water partition coefficient (Wildman–Crippen LogP) is 4.44. The summed E-state index contributed by atoms with van der Waals surface area (Å²) < 4.78 is 5.43. The number of nitrogens with zero attached hydrogens (tertiary/aromatic N) is 1. The minimum atomic E-state index is -0.305. The lowest BCUT2D eigenvalue weighted by atomic mass is 9.89. The van der Waals surface area contributed by atoms with Crippen LogP contribution in [0, 0.1) is 0 Å². The van der Waals surface area contributed by atoms with Crippen LogP contribution >= 0.6 is 0 Å². The molecule has 0 saturated heterocycles. The quantitative estimate of drug-likeness (QED) is 0.311. The van der Waals surface area contributed by atoms with E-state index in [1.165, 1.54) is 4.90 Å². The van der Waals surface area contributed by atoms with Crippen molar-refractivity contribution in [2.24, 2.45) is 0 Å². The minimum absolute atomic E-state index is 0.0915. The third-order valence-corrected chi connectivity index (χ3v) is 5.44. The Balaban J connectivity index is 1.32. The van der Waals surface area contributed by atoms with E-state index in [-0.39, 0.29) is 43.3 Å². The molecule has 0 unspecified atom stereocenters. The number of hydrogen-bond acceptors (Lipinski definition) is 4. The number of rotatable bonds is 8. The summed E-state index contributed by atoms with van der Waals surface area (Å²) in [7, 11) is 0. The highest BCUT2D eigenvalue weighted by molar-refractivity contribution is 6.21. The van der Waals surface area contributed by atoms with Crippen molar-refractivity contribution in [1.29, 1.82) is 0 Å². The molecule has 31 heavy (non-hydrogen) atoms. The molecule has 0 fully saturated rings. The lowest BCUT2D eigenvalue weighted by Gasteiger charge is -2.18. The molecule has 0 aliphatic carbocycles. The van der Waals surface area contributed by atoms with Crippen molar-refractivity contribution in [3.05, 3.63) is 107 Å². The van der Waals surface area contributed by atoms with Crippen LogP contribution in [0.3, 0.4) is 0 Å². The average Bonchev–Trinajstić information content (AvgIpc) is 3.06. The average molecular weight is 413 g/mol. The van der Waals surface area contributed by atoms with Gasteiger partial charge < -0.3 is 4.74 Å². The van der Waals surface area contributed by atoms with Crippen LogP contribution < -0.4 is 0 Å². The smallest absolute Gasteiger partial charge is 0.306 e. The second kappa shape index (κ2) is 9.39. The van der Waals surface area contributed by atoms with Crippen LogP contribution in [0.15, 0.2) is 84.9 Å². The second-order valence-corrected chi connectivity index (χ2v) is 7.46. The number of fused-ring (bicyclic) bond motifs is 1. The largest absolute Gasteiger partial charge is 0.466 e. The van der Waals surface area contributed by atoms with E-state index < -0.39 is 0 Å². The van der Waals surface area contributed by atoms with Gasteiger partial charge in [0, 0.05) is 12.5 Å². The third kappa shape index (κ3) is 4.56. The molecule has 5 nitrogen and oxygen atoms in total. The molecule has 0 radical (unpaired) electrons. The molecule has 0 bridgehead atoms. The van der Waals surface area contributed by atoms with E-state index in [0.717, 1.165) is 11.1 Å². The van der Waals surface area contributed by atoms with Gasteiger partial charge in [0.25, 0.3) is 11.8 Å². The number of carbonyl (C=O) groups excluding carboxylic acids is 3. The van der Waals surface area contributed by atoms with Crippen molar-refractivity contribution >= 4 is 17.8 Å². The molecule has 1 aliphatic rings. The number of imide groups is 1. The fourth-order valence-corrected chi connectivity index (χ4v) is 3.88. The van der Waals surface area contributed by atoms with Gasteiger partial charge >= 0.3 is 5.97 Å². The van der Waals surface area contributed by atoms with Crippen molar-refractivity contribution in [3.63, 3.8) is 0 Å². The van der Waals surface area contributed by atoms with Gasteiger partial charge in [-0.2, -0.15) is 0 Å². The summed E-state index contributed by atoms with van der Waals surface area (Å²) >= 11 is 0. The van der Waals surface area contributed by atoms with Gasteiger partial charge in [-0.25, -0.2) is 0 Å². The minimum Gasteiger partial charge on any atom is -0.466 e. The number of hydrogen-bond donors (Lipinski definition) is 0. The molecule has 3 aromatic carbocycles. The van der Waals surface area contributed by atoms with Crippen LogP contribution in [0.4, 0.5) is 0 Å². The Hall–Kier alpha value is -3.73. The SMILES string of the molecule is O=C(CC(c1ccccc1)c1ccccc1)OCCCN1C(=O)c2ccccc2C1=O.